The second-order valence-electron chi connectivity index (χ2n) is 8.00. The van der Waals surface area contributed by atoms with Gasteiger partial charge in [-0.2, -0.15) is 4.31 Å². The number of hydrogen-bond acceptors (Lipinski definition) is 7. The van der Waals surface area contributed by atoms with Crippen molar-refractivity contribution in [2.24, 2.45) is 5.73 Å². The summed E-state index contributed by atoms with van der Waals surface area (Å²) in [5.74, 6) is -0.489. The quantitative estimate of drug-likeness (QED) is 0.651. The number of methoxy groups -OCH3 is 1. The van der Waals surface area contributed by atoms with Crippen molar-refractivity contribution in [3.63, 3.8) is 0 Å². The van der Waals surface area contributed by atoms with E-state index in [9.17, 15) is 18.0 Å². The normalized spacial score (nSPS) is 19.5. The van der Waals surface area contributed by atoms with Gasteiger partial charge in [-0.05, 0) is 56.1 Å². The van der Waals surface area contributed by atoms with E-state index in [2.05, 4.69) is 10.2 Å². The summed E-state index contributed by atoms with van der Waals surface area (Å²) in [4.78, 5) is 28.5. The van der Waals surface area contributed by atoms with Crippen molar-refractivity contribution in [3.05, 3.63) is 40.3 Å². The number of nitrogens with one attached hydrogen (secondary N) is 1. The number of ether oxygens (including phenoxy) is 1. The van der Waals surface area contributed by atoms with Crippen LogP contribution in [0.1, 0.15) is 33.6 Å². The van der Waals surface area contributed by atoms with Gasteiger partial charge in [-0.25, -0.2) is 8.42 Å². The van der Waals surface area contributed by atoms with Crippen LogP contribution in [0.25, 0.3) is 0 Å². The van der Waals surface area contributed by atoms with Crippen LogP contribution in [0.5, 0.6) is 5.75 Å². The number of carbonyl (C=O) groups excluding carboxylic acids is 2. The maximum Gasteiger partial charge on any atom is 0.251 e. The number of rotatable bonds is 6. The third kappa shape index (κ3) is 4.13. The van der Waals surface area contributed by atoms with Crippen molar-refractivity contribution in [1.29, 1.82) is 0 Å². The molecule has 9 nitrogen and oxygen atoms in total. The number of sulfonamides is 1. The first-order valence-electron chi connectivity index (χ1n) is 10.3. The smallest absolute Gasteiger partial charge is 0.251 e. The highest BCUT2D eigenvalue weighted by Crippen LogP contribution is 2.37. The van der Waals surface area contributed by atoms with Gasteiger partial charge in [-0.1, -0.05) is 0 Å². The molecule has 1 atom stereocenters. The van der Waals surface area contributed by atoms with Gasteiger partial charge in [0.15, 0.2) is 0 Å². The number of fused-ring (bicyclic) bond motifs is 1. The van der Waals surface area contributed by atoms with Crippen molar-refractivity contribution in [2.45, 2.75) is 36.7 Å². The third-order valence-corrected chi connectivity index (χ3v) is 8.96. The molecule has 4 rings (SSSR count). The second kappa shape index (κ2) is 8.81. The first-order valence-corrected chi connectivity index (χ1v) is 12.6. The van der Waals surface area contributed by atoms with Gasteiger partial charge in [0.2, 0.25) is 15.9 Å². The van der Waals surface area contributed by atoms with Gasteiger partial charge in [0.25, 0.3) is 5.91 Å². The SMILES string of the molecule is COc1ccc(S(=O)(=O)N2CCCC2C(=O)Nc2sc3c(c2C(N)=O)CCN(C)C3)cc1. The number of likely N-dealkylation sites (N-methyl/N-ethyl adjacent to an activating group) is 1. The highest BCUT2D eigenvalue weighted by atomic mass is 32.2. The lowest BCUT2D eigenvalue weighted by Crippen LogP contribution is -2.43. The van der Waals surface area contributed by atoms with E-state index in [1.807, 2.05) is 7.05 Å². The Labute approximate surface area is 191 Å². The van der Waals surface area contributed by atoms with Crippen LogP contribution in [-0.4, -0.2) is 62.7 Å². The first-order chi connectivity index (χ1) is 15.2. The van der Waals surface area contributed by atoms with Crippen LogP contribution in [0.15, 0.2) is 29.2 Å². The van der Waals surface area contributed by atoms with Crippen LogP contribution in [0.3, 0.4) is 0 Å². The standard InChI is InChI=1S/C21H26N4O5S2/c1-24-11-9-15-17(12-24)31-21(18(15)19(22)26)23-20(27)16-4-3-10-25(16)32(28,29)14-7-5-13(30-2)6-8-14/h5-8,16H,3-4,9-12H2,1-2H3,(H2,22,26)(H,23,27). The highest BCUT2D eigenvalue weighted by Gasteiger charge is 2.40. The number of amides is 2. The maximum absolute atomic E-state index is 13.2. The van der Waals surface area contributed by atoms with E-state index in [1.165, 1.54) is 34.9 Å². The number of benzene rings is 1. The molecule has 1 unspecified atom stereocenters. The predicted octanol–water partition coefficient (Wildman–Crippen LogP) is 1.64. The van der Waals surface area contributed by atoms with Crippen molar-refractivity contribution in [2.75, 3.05) is 32.6 Å². The lowest BCUT2D eigenvalue weighted by atomic mass is 10.0. The minimum absolute atomic E-state index is 0.102. The molecule has 3 N–H and O–H groups in total. The molecule has 2 aromatic rings. The molecule has 1 saturated heterocycles. The van der Waals surface area contributed by atoms with Gasteiger partial charge in [0.1, 0.15) is 16.8 Å². The van der Waals surface area contributed by atoms with E-state index < -0.39 is 27.9 Å². The van der Waals surface area contributed by atoms with E-state index in [-0.39, 0.29) is 11.4 Å². The van der Waals surface area contributed by atoms with Crippen LogP contribution < -0.4 is 15.8 Å². The molecule has 2 aliphatic rings. The molecule has 1 aromatic heterocycles. The average Bonchev–Trinajstić information content (AvgIpc) is 3.38. The van der Waals surface area contributed by atoms with Crippen molar-refractivity contribution in [1.82, 2.24) is 9.21 Å². The lowest BCUT2D eigenvalue weighted by Gasteiger charge is -2.23. The van der Waals surface area contributed by atoms with E-state index in [4.69, 9.17) is 10.5 Å². The van der Waals surface area contributed by atoms with E-state index in [1.54, 1.807) is 12.1 Å². The lowest BCUT2D eigenvalue weighted by molar-refractivity contribution is -0.119. The van der Waals surface area contributed by atoms with E-state index >= 15 is 0 Å². The summed E-state index contributed by atoms with van der Waals surface area (Å²) in [5.41, 5.74) is 6.85. The fourth-order valence-corrected chi connectivity index (χ4v) is 7.24. The minimum atomic E-state index is -3.86. The molecule has 2 amide bonds. The topological polar surface area (TPSA) is 122 Å². The zero-order valence-electron chi connectivity index (χ0n) is 18.0. The molecule has 0 aliphatic carbocycles. The zero-order chi connectivity index (χ0) is 23.0. The van der Waals surface area contributed by atoms with Gasteiger partial charge < -0.3 is 20.7 Å². The van der Waals surface area contributed by atoms with Crippen molar-refractivity contribution in [3.8, 4) is 5.75 Å². The van der Waals surface area contributed by atoms with Gasteiger partial charge in [-0.15, -0.1) is 11.3 Å². The Bertz CT molecular complexity index is 1140. The first kappa shape index (κ1) is 22.7. The number of anilines is 1. The molecule has 0 radical (unpaired) electrons. The van der Waals surface area contributed by atoms with Gasteiger partial charge in [0, 0.05) is 24.5 Å². The van der Waals surface area contributed by atoms with Crippen molar-refractivity contribution < 1.29 is 22.7 Å². The molecule has 172 valence electrons. The summed E-state index contributed by atoms with van der Waals surface area (Å²) in [6.07, 6.45) is 1.65. The Morgan fingerprint density at radius 1 is 1.22 bits per heavy atom. The molecule has 1 fully saturated rings. The Morgan fingerprint density at radius 2 is 1.94 bits per heavy atom. The fraction of sp³-hybridized carbons (Fsp3) is 0.429. The van der Waals surface area contributed by atoms with Crippen LogP contribution in [-0.2, 0) is 27.8 Å². The number of hydrogen-bond donors (Lipinski definition) is 2. The van der Waals surface area contributed by atoms with Gasteiger partial charge in [-0.3, -0.25) is 9.59 Å². The molecule has 2 aliphatic heterocycles. The third-order valence-electron chi connectivity index (χ3n) is 5.90. The van der Waals surface area contributed by atoms with E-state index in [0.29, 0.717) is 42.1 Å². The average molecular weight is 479 g/mol. The molecular formula is C21H26N4O5S2. The van der Waals surface area contributed by atoms with Crippen LogP contribution in [0.4, 0.5) is 5.00 Å². The Balaban J connectivity index is 1.59. The largest absolute Gasteiger partial charge is 0.497 e. The molecule has 0 spiro atoms. The van der Waals surface area contributed by atoms with E-state index in [0.717, 1.165) is 17.0 Å². The van der Waals surface area contributed by atoms with Crippen LogP contribution in [0.2, 0.25) is 0 Å². The summed E-state index contributed by atoms with van der Waals surface area (Å²) in [7, 11) is -0.368. The maximum atomic E-state index is 13.2. The summed E-state index contributed by atoms with van der Waals surface area (Å²) >= 11 is 1.33. The van der Waals surface area contributed by atoms with Crippen LogP contribution in [0, 0.1) is 0 Å². The number of nitrogens with two attached hydrogens (primary N) is 1. The second-order valence-corrected chi connectivity index (χ2v) is 11.0. The Morgan fingerprint density at radius 3 is 2.59 bits per heavy atom. The summed E-state index contributed by atoms with van der Waals surface area (Å²) < 4.78 is 32.7. The number of primary amides is 1. The molecule has 3 heterocycles. The van der Waals surface area contributed by atoms with Crippen molar-refractivity contribution >= 4 is 38.2 Å². The Kier molecular flexibility index (Phi) is 6.26. The zero-order valence-corrected chi connectivity index (χ0v) is 19.6. The summed E-state index contributed by atoms with van der Waals surface area (Å²) in [5, 5.41) is 3.21. The highest BCUT2D eigenvalue weighted by molar-refractivity contribution is 7.89. The molecule has 11 heteroatoms. The monoisotopic (exact) mass is 478 g/mol. The summed E-state index contributed by atoms with van der Waals surface area (Å²) in [6, 6.07) is 5.23. The molecule has 0 saturated carbocycles. The van der Waals surface area contributed by atoms with Gasteiger partial charge >= 0.3 is 0 Å². The molecule has 1 aromatic carbocycles. The fourth-order valence-electron chi connectivity index (χ4n) is 4.25. The summed E-state index contributed by atoms with van der Waals surface area (Å²) in [6.45, 7) is 1.73. The predicted molar refractivity (Wildman–Crippen MR) is 121 cm³/mol. The van der Waals surface area contributed by atoms with Crippen LogP contribution >= 0.6 is 11.3 Å². The molecule has 32 heavy (non-hydrogen) atoms. The van der Waals surface area contributed by atoms with Gasteiger partial charge in [0.05, 0.1) is 17.6 Å². The Hall–Kier alpha value is -2.47. The number of thiophene rings is 1. The number of nitrogens with zero attached hydrogens (tertiary/aromatic N) is 2. The molecule has 0 bridgehead atoms. The number of carbonyl (C=O) groups is 2. The molecular weight excluding hydrogens is 452 g/mol. The minimum Gasteiger partial charge on any atom is -0.497 e.